The van der Waals surface area contributed by atoms with Gasteiger partial charge in [0, 0.05) is 24.3 Å². The van der Waals surface area contributed by atoms with Crippen LogP contribution in [-0.2, 0) is 14.3 Å². The van der Waals surface area contributed by atoms with Crippen LogP contribution in [0, 0.1) is 5.41 Å². The van der Waals surface area contributed by atoms with Gasteiger partial charge in [-0.25, -0.2) is 9.78 Å². The lowest BCUT2D eigenvalue weighted by molar-refractivity contribution is -0.139. The molecule has 0 radical (unpaired) electrons. The summed E-state index contributed by atoms with van der Waals surface area (Å²) in [5.41, 5.74) is 1.56. The molecule has 1 amide bonds. The van der Waals surface area contributed by atoms with E-state index in [-0.39, 0.29) is 24.5 Å². The van der Waals surface area contributed by atoms with Crippen LogP contribution < -0.4 is 0 Å². The van der Waals surface area contributed by atoms with Crippen molar-refractivity contribution in [1.29, 1.82) is 0 Å². The van der Waals surface area contributed by atoms with Crippen molar-refractivity contribution in [3.05, 3.63) is 41.5 Å². The number of pyridine rings is 1. The monoisotopic (exact) mass is 453 g/mol. The van der Waals surface area contributed by atoms with Crippen LogP contribution in [0.3, 0.4) is 0 Å². The summed E-state index contributed by atoms with van der Waals surface area (Å²) < 4.78 is 6.59. The molecule has 2 saturated heterocycles. The highest BCUT2D eigenvalue weighted by atomic mass is 16.5. The molecule has 0 bridgehead atoms. The van der Waals surface area contributed by atoms with Gasteiger partial charge in [-0.1, -0.05) is 6.07 Å². The Morgan fingerprint density at radius 3 is 2.67 bits per heavy atom. The van der Waals surface area contributed by atoms with Crippen molar-refractivity contribution in [2.45, 2.75) is 45.3 Å². The minimum atomic E-state index is -0.682. The molecule has 2 aromatic heterocycles. The quantitative estimate of drug-likeness (QED) is 0.648. The lowest BCUT2D eigenvalue weighted by atomic mass is 9.76. The number of carbonyl (C=O) groups excluding carboxylic acids is 2. The first-order chi connectivity index (χ1) is 15.9. The standard InChI is InChI=1S/C22H27N7O4/c1-14-9-22(21(32)29(14)17-12-33-20(31)15(17)2)5-7-27(8-6-22)11-18(30)16-3-4-19(23-10-16)28-13-24-25-26-28/h3-4,10,13-14,18,30H,5-9,11-12H2,1-2H3/t14?,18-/m0/s1. The number of amides is 1. The van der Waals surface area contributed by atoms with Gasteiger partial charge >= 0.3 is 5.97 Å². The third-order valence-corrected chi connectivity index (χ3v) is 7.15. The number of aliphatic hydroxyl groups is 1. The number of ether oxygens (including phenoxy) is 1. The summed E-state index contributed by atoms with van der Waals surface area (Å²) >= 11 is 0. The van der Waals surface area contributed by atoms with Crippen molar-refractivity contribution in [3.8, 4) is 5.82 Å². The third kappa shape index (κ3) is 3.80. The van der Waals surface area contributed by atoms with Gasteiger partial charge in [-0.3, -0.25) is 4.79 Å². The van der Waals surface area contributed by atoms with E-state index in [4.69, 9.17) is 4.74 Å². The molecule has 1 unspecified atom stereocenters. The minimum Gasteiger partial charge on any atom is -0.456 e. The fourth-order valence-electron chi connectivity index (χ4n) is 5.23. The van der Waals surface area contributed by atoms with E-state index in [9.17, 15) is 14.7 Å². The fourth-order valence-corrected chi connectivity index (χ4v) is 5.23. The van der Waals surface area contributed by atoms with E-state index in [2.05, 4.69) is 25.4 Å². The zero-order valence-corrected chi connectivity index (χ0v) is 18.7. The molecule has 1 spiro atoms. The molecule has 11 heteroatoms. The lowest BCUT2D eigenvalue weighted by Gasteiger charge is -2.38. The molecule has 3 aliphatic heterocycles. The van der Waals surface area contributed by atoms with E-state index in [1.807, 2.05) is 13.0 Å². The number of hydrogen-bond acceptors (Lipinski definition) is 9. The van der Waals surface area contributed by atoms with Crippen LogP contribution in [0.2, 0.25) is 0 Å². The predicted octanol–water partition coefficient (Wildman–Crippen LogP) is 0.624. The molecule has 0 aromatic carbocycles. The maximum absolute atomic E-state index is 13.4. The number of nitrogens with zero attached hydrogens (tertiary/aromatic N) is 7. The summed E-state index contributed by atoms with van der Waals surface area (Å²) in [5, 5.41) is 21.7. The van der Waals surface area contributed by atoms with Gasteiger partial charge in [0.1, 0.15) is 12.9 Å². The second kappa shape index (κ2) is 8.31. The first-order valence-electron chi connectivity index (χ1n) is 11.2. The first-order valence-corrected chi connectivity index (χ1v) is 11.2. The number of rotatable bonds is 5. The van der Waals surface area contributed by atoms with Crippen molar-refractivity contribution >= 4 is 11.9 Å². The Balaban J connectivity index is 1.20. The van der Waals surface area contributed by atoms with Crippen LogP contribution in [0.5, 0.6) is 0 Å². The van der Waals surface area contributed by atoms with Crippen molar-refractivity contribution in [1.82, 2.24) is 35.0 Å². The topological polar surface area (TPSA) is 127 Å². The average molecular weight is 454 g/mol. The molecule has 0 saturated carbocycles. The zero-order valence-electron chi connectivity index (χ0n) is 18.7. The van der Waals surface area contributed by atoms with Gasteiger partial charge in [0.2, 0.25) is 5.91 Å². The van der Waals surface area contributed by atoms with E-state index in [1.165, 1.54) is 11.0 Å². The number of esters is 1. The van der Waals surface area contributed by atoms with Crippen molar-refractivity contribution in [3.63, 3.8) is 0 Å². The maximum atomic E-state index is 13.4. The third-order valence-electron chi connectivity index (χ3n) is 7.15. The first kappa shape index (κ1) is 21.7. The van der Waals surface area contributed by atoms with Gasteiger partial charge in [-0.05, 0) is 62.7 Å². The summed E-state index contributed by atoms with van der Waals surface area (Å²) in [6.07, 6.45) is 4.65. The van der Waals surface area contributed by atoms with Gasteiger partial charge in [0.05, 0.1) is 22.8 Å². The van der Waals surface area contributed by atoms with Gasteiger partial charge < -0.3 is 19.6 Å². The van der Waals surface area contributed by atoms with Crippen LogP contribution in [0.25, 0.3) is 5.82 Å². The number of tetrazole rings is 1. The fraction of sp³-hybridized carbons (Fsp3) is 0.545. The Kier molecular flexibility index (Phi) is 5.45. The van der Waals surface area contributed by atoms with E-state index >= 15 is 0 Å². The molecule has 11 nitrogen and oxygen atoms in total. The van der Waals surface area contributed by atoms with Crippen molar-refractivity contribution < 1.29 is 19.4 Å². The molecule has 5 rings (SSSR count). The number of carbonyl (C=O) groups is 2. The maximum Gasteiger partial charge on any atom is 0.336 e. The zero-order chi connectivity index (χ0) is 23.2. The van der Waals surface area contributed by atoms with E-state index < -0.39 is 11.5 Å². The molecule has 5 heterocycles. The summed E-state index contributed by atoms with van der Waals surface area (Å²) in [5.74, 6) is 0.342. The van der Waals surface area contributed by atoms with Crippen LogP contribution in [-0.4, -0.2) is 84.3 Å². The van der Waals surface area contributed by atoms with Crippen molar-refractivity contribution in [2.75, 3.05) is 26.2 Å². The molecular weight excluding hydrogens is 426 g/mol. The number of likely N-dealkylation sites (tertiary alicyclic amines) is 2. The van der Waals surface area contributed by atoms with Gasteiger partial charge in [-0.15, -0.1) is 5.10 Å². The molecule has 33 heavy (non-hydrogen) atoms. The van der Waals surface area contributed by atoms with Crippen molar-refractivity contribution in [2.24, 2.45) is 5.41 Å². The number of piperidine rings is 1. The normalized spacial score (nSPS) is 24.1. The number of aromatic nitrogens is 5. The average Bonchev–Trinajstić information content (AvgIpc) is 3.52. The molecule has 2 fully saturated rings. The number of β-amino-alcohol motifs (C(OH)–C–C–N with tert-alkyl or cyclic N) is 1. The molecule has 2 atom stereocenters. The molecular formula is C22H27N7O4. The number of aliphatic hydroxyl groups excluding tert-OH is 1. The smallest absolute Gasteiger partial charge is 0.336 e. The SMILES string of the molecule is CC1=C(N2C(=O)C3(CCN(C[C@H](O)c4ccc(-n5cnnn5)nc4)CC3)CC2C)COC1=O. The van der Waals surface area contributed by atoms with Crippen LogP contribution >= 0.6 is 0 Å². The highest BCUT2D eigenvalue weighted by Crippen LogP contribution is 2.46. The Hall–Kier alpha value is -3.18. The summed E-state index contributed by atoms with van der Waals surface area (Å²) in [7, 11) is 0. The van der Waals surface area contributed by atoms with Crippen LogP contribution in [0.1, 0.15) is 44.8 Å². The van der Waals surface area contributed by atoms with E-state index in [1.54, 1.807) is 24.1 Å². The molecule has 0 aliphatic carbocycles. The number of cyclic esters (lactones) is 1. The molecule has 2 aromatic rings. The van der Waals surface area contributed by atoms with E-state index in [0.29, 0.717) is 23.6 Å². The number of hydrogen-bond donors (Lipinski definition) is 1. The van der Waals surface area contributed by atoms with E-state index in [0.717, 1.165) is 37.9 Å². The summed E-state index contributed by atoms with van der Waals surface area (Å²) in [6.45, 7) is 5.87. The second-order valence-electron chi connectivity index (χ2n) is 9.18. The summed E-state index contributed by atoms with van der Waals surface area (Å²) in [4.78, 5) is 33.6. The predicted molar refractivity (Wildman–Crippen MR) is 115 cm³/mol. The molecule has 174 valence electrons. The van der Waals surface area contributed by atoms with Gasteiger partial charge in [-0.2, -0.15) is 4.68 Å². The Morgan fingerprint density at radius 2 is 2.06 bits per heavy atom. The Labute approximate surface area is 191 Å². The Bertz CT molecular complexity index is 1070. The molecule has 3 aliphatic rings. The van der Waals surface area contributed by atoms with Gasteiger partial charge in [0.25, 0.3) is 0 Å². The highest BCUT2D eigenvalue weighted by molar-refractivity contribution is 5.94. The second-order valence-corrected chi connectivity index (χ2v) is 9.18. The van der Waals surface area contributed by atoms with Gasteiger partial charge in [0.15, 0.2) is 5.82 Å². The molecule has 1 N–H and O–H groups in total. The highest BCUT2D eigenvalue weighted by Gasteiger charge is 2.53. The largest absolute Gasteiger partial charge is 0.456 e. The lowest BCUT2D eigenvalue weighted by Crippen LogP contribution is -2.45. The minimum absolute atomic E-state index is 0.0406. The van der Waals surface area contributed by atoms with Crippen LogP contribution in [0.15, 0.2) is 35.9 Å². The Morgan fingerprint density at radius 1 is 1.27 bits per heavy atom. The van der Waals surface area contributed by atoms with Crippen LogP contribution in [0.4, 0.5) is 0 Å². The summed E-state index contributed by atoms with van der Waals surface area (Å²) in [6, 6.07) is 3.63.